The minimum Gasteiger partial charge on any atom is -0.128 e. The summed E-state index contributed by atoms with van der Waals surface area (Å²) in [6, 6.07) is 0. The Morgan fingerprint density at radius 3 is 3.45 bits per heavy atom. The Morgan fingerprint density at radius 2 is 2.45 bits per heavy atom. The molecule has 0 bridgehead atoms. The molecule has 3 aliphatic rings. The summed E-state index contributed by atoms with van der Waals surface area (Å²) < 4.78 is 0. The Bertz CT molecular complexity index is 254. The zero-order valence-electron chi connectivity index (χ0n) is 5.95. The normalized spacial score (nSPS) is 40.0. The summed E-state index contributed by atoms with van der Waals surface area (Å²) in [6.45, 7) is 0. The lowest BCUT2D eigenvalue weighted by Crippen LogP contribution is -2.08. The summed E-state index contributed by atoms with van der Waals surface area (Å²) in [6.07, 6.45) is 3.70. The van der Waals surface area contributed by atoms with Gasteiger partial charge in [0.15, 0.2) is 0 Å². The van der Waals surface area contributed by atoms with Crippen LogP contribution >= 0.6 is 35.3 Å². The van der Waals surface area contributed by atoms with Crippen LogP contribution in [0.15, 0.2) is 21.3 Å². The Morgan fingerprint density at radius 1 is 1.45 bits per heavy atom. The highest BCUT2D eigenvalue weighted by atomic mass is 32.2. The molecule has 0 aliphatic carbocycles. The third kappa shape index (κ3) is 0.941. The maximum atomic E-state index is 2.36. The van der Waals surface area contributed by atoms with Crippen LogP contribution in [0, 0.1) is 0 Å². The Kier molecular flexibility index (Phi) is 1.59. The molecule has 0 radical (unpaired) electrons. The second-order valence-electron chi connectivity index (χ2n) is 2.85. The van der Waals surface area contributed by atoms with Crippen molar-refractivity contribution < 1.29 is 0 Å². The molecule has 2 atom stereocenters. The lowest BCUT2D eigenvalue weighted by atomic mass is 10.2. The molecule has 0 amide bonds. The summed E-state index contributed by atoms with van der Waals surface area (Å²) >= 11 is 6.20. The molecule has 3 aliphatic heterocycles. The molecule has 0 nitrogen and oxygen atoms in total. The van der Waals surface area contributed by atoms with Crippen LogP contribution in [0.25, 0.3) is 0 Å². The molecule has 2 unspecified atom stereocenters. The van der Waals surface area contributed by atoms with Crippen molar-refractivity contribution in [3.63, 3.8) is 0 Å². The Hall–Kier alpha value is 0.530. The quantitative estimate of drug-likeness (QED) is 0.590. The van der Waals surface area contributed by atoms with Crippen molar-refractivity contribution in [1.82, 2.24) is 0 Å². The van der Waals surface area contributed by atoms with Gasteiger partial charge in [0.05, 0.1) is 5.25 Å². The molecule has 0 saturated heterocycles. The largest absolute Gasteiger partial charge is 0.128 e. The molecule has 0 aromatic carbocycles. The molecule has 0 aromatic rings. The fourth-order valence-corrected chi connectivity index (χ4v) is 6.37. The molecule has 0 fully saturated rings. The van der Waals surface area contributed by atoms with Crippen LogP contribution in [0.1, 0.15) is 6.42 Å². The van der Waals surface area contributed by atoms with E-state index in [2.05, 4.69) is 35.0 Å². The van der Waals surface area contributed by atoms with E-state index in [0.717, 1.165) is 10.5 Å². The molecule has 0 N–H and O–H groups in total. The van der Waals surface area contributed by atoms with Gasteiger partial charge in [-0.05, 0) is 16.7 Å². The summed E-state index contributed by atoms with van der Waals surface area (Å²) in [5.74, 6) is 1.33. The highest BCUT2D eigenvalue weighted by Gasteiger charge is 2.38. The van der Waals surface area contributed by atoms with Crippen molar-refractivity contribution in [1.29, 1.82) is 0 Å². The number of fused-ring (bicyclic) bond motifs is 2. The number of rotatable bonds is 0. The molecule has 0 spiro atoms. The summed E-state index contributed by atoms with van der Waals surface area (Å²) in [4.78, 5) is 3.40. The monoisotopic (exact) mass is 200 g/mol. The molecule has 3 heterocycles. The van der Waals surface area contributed by atoms with Gasteiger partial charge in [-0.3, -0.25) is 0 Å². The molecule has 0 aromatic heterocycles. The minimum absolute atomic E-state index is 0.790. The predicted octanol–water partition coefficient (Wildman–Crippen LogP) is 3.08. The maximum absolute atomic E-state index is 2.36. The van der Waals surface area contributed by atoms with Crippen molar-refractivity contribution in [3.8, 4) is 0 Å². The number of hydrogen-bond acceptors (Lipinski definition) is 3. The zero-order valence-corrected chi connectivity index (χ0v) is 8.40. The van der Waals surface area contributed by atoms with E-state index in [0.29, 0.717) is 0 Å². The van der Waals surface area contributed by atoms with Gasteiger partial charge < -0.3 is 0 Å². The summed E-state index contributed by atoms with van der Waals surface area (Å²) in [5, 5.41) is 3.87. The highest BCUT2D eigenvalue weighted by molar-refractivity contribution is 8.13. The Labute approximate surface area is 79.3 Å². The molecular weight excluding hydrogens is 192 g/mol. The van der Waals surface area contributed by atoms with Crippen LogP contribution in [0.3, 0.4) is 0 Å². The second kappa shape index (κ2) is 2.51. The molecule has 11 heavy (non-hydrogen) atoms. The summed E-state index contributed by atoms with van der Waals surface area (Å²) in [5.41, 5.74) is 0. The van der Waals surface area contributed by atoms with Crippen molar-refractivity contribution in [2.45, 2.75) is 16.9 Å². The van der Waals surface area contributed by atoms with E-state index in [1.807, 2.05) is 11.8 Å². The van der Waals surface area contributed by atoms with E-state index in [1.54, 1.807) is 9.81 Å². The van der Waals surface area contributed by atoms with Crippen molar-refractivity contribution in [3.05, 3.63) is 21.3 Å². The van der Waals surface area contributed by atoms with Crippen LogP contribution in [0.4, 0.5) is 0 Å². The van der Waals surface area contributed by atoms with Crippen molar-refractivity contribution in [2.75, 3.05) is 5.75 Å². The predicted molar refractivity (Wildman–Crippen MR) is 56.0 cm³/mol. The second-order valence-corrected chi connectivity index (χ2v) is 6.32. The van der Waals surface area contributed by atoms with Gasteiger partial charge in [0.2, 0.25) is 0 Å². The number of allylic oxidation sites excluding steroid dienone is 1. The standard InChI is InChI=1S/C8H8S3/c1-3-9-7-5(1)11-6-2-4-10-8(6)7/h1,3,5,7H,2,4H2. The van der Waals surface area contributed by atoms with Crippen LogP contribution in [-0.2, 0) is 0 Å². The van der Waals surface area contributed by atoms with Crippen molar-refractivity contribution in [2.24, 2.45) is 0 Å². The average molecular weight is 200 g/mol. The van der Waals surface area contributed by atoms with Crippen LogP contribution in [0.5, 0.6) is 0 Å². The van der Waals surface area contributed by atoms with Gasteiger partial charge in [-0.1, -0.05) is 6.08 Å². The zero-order chi connectivity index (χ0) is 7.26. The molecule has 3 rings (SSSR count). The SMILES string of the molecule is C1=CC2SC3=C(SCC3)C2S1. The molecule has 58 valence electrons. The number of thioether (sulfide) groups is 3. The molecular formula is C8H8S3. The lowest BCUT2D eigenvalue weighted by Gasteiger charge is -2.10. The Balaban J connectivity index is 1.96. The van der Waals surface area contributed by atoms with Gasteiger partial charge in [0.25, 0.3) is 0 Å². The van der Waals surface area contributed by atoms with E-state index in [9.17, 15) is 0 Å². The van der Waals surface area contributed by atoms with Gasteiger partial charge in [-0.25, -0.2) is 0 Å². The van der Waals surface area contributed by atoms with Crippen LogP contribution in [-0.4, -0.2) is 16.3 Å². The summed E-state index contributed by atoms with van der Waals surface area (Å²) in [7, 11) is 0. The minimum atomic E-state index is 0.790. The van der Waals surface area contributed by atoms with E-state index < -0.39 is 0 Å². The smallest absolute Gasteiger partial charge is 0.0563 e. The van der Waals surface area contributed by atoms with E-state index >= 15 is 0 Å². The van der Waals surface area contributed by atoms with E-state index in [-0.39, 0.29) is 0 Å². The fraction of sp³-hybridized carbons (Fsp3) is 0.500. The highest BCUT2D eigenvalue weighted by Crippen LogP contribution is 2.56. The van der Waals surface area contributed by atoms with Gasteiger partial charge in [0.1, 0.15) is 0 Å². The van der Waals surface area contributed by atoms with Crippen LogP contribution < -0.4 is 0 Å². The van der Waals surface area contributed by atoms with Crippen LogP contribution in [0.2, 0.25) is 0 Å². The van der Waals surface area contributed by atoms with Gasteiger partial charge in [-0.15, -0.1) is 35.3 Å². The van der Waals surface area contributed by atoms with Crippen molar-refractivity contribution >= 4 is 35.3 Å². The van der Waals surface area contributed by atoms with E-state index in [1.165, 1.54) is 12.2 Å². The van der Waals surface area contributed by atoms with Gasteiger partial charge >= 0.3 is 0 Å². The van der Waals surface area contributed by atoms with E-state index in [4.69, 9.17) is 0 Å². The third-order valence-corrected chi connectivity index (χ3v) is 6.41. The van der Waals surface area contributed by atoms with Gasteiger partial charge in [0, 0.05) is 15.9 Å². The maximum Gasteiger partial charge on any atom is 0.0563 e. The topological polar surface area (TPSA) is 0 Å². The van der Waals surface area contributed by atoms with Gasteiger partial charge in [-0.2, -0.15) is 0 Å². The first kappa shape index (κ1) is 6.98. The fourth-order valence-electron chi connectivity index (χ4n) is 1.68. The first-order valence-electron chi connectivity index (χ1n) is 3.80. The molecule has 3 heteroatoms. The number of hydrogen-bond donors (Lipinski definition) is 0. The average Bonchev–Trinajstić information content (AvgIpc) is 2.52. The lowest BCUT2D eigenvalue weighted by molar-refractivity contribution is 1.13. The first-order chi connectivity index (χ1) is 5.45. The third-order valence-electron chi connectivity index (χ3n) is 2.19. The first-order valence-corrected chi connectivity index (χ1v) is 6.60. The molecule has 0 saturated carbocycles.